The van der Waals surface area contributed by atoms with Gasteiger partial charge in [0.05, 0.1) is 5.69 Å². The molecular formula is C11H9BrN2O2S. The molecule has 1 aromatic carbocycles. The Hall–Kier alpha value is -1.40. The molecule has 0 spiro atoms. The molecular weight excluding hydrogens is 304 g/mol. The Morgan fingerprint density at radius 3 is 2.59 bits per heavy atom. The normalized spacial score (nSPS) is 10.2. The summed E-state index contributed by atoms with van der Waals surface area (Å²) in [4.78, 5) is 15.6. The smallest absolute Gasteiger partial charge is 0.348 e. The molecule has 0 saturated carbocycles. The number of halogens is 1. The van der Waals surface area contributed by atoms with Crippen molar-refractivity contribution in [1.82, 2.24) is 4.98 Å². The molecule has 1 heterocycles. The van der Waals surface area contributed by atoms with E-state index in [4.69, 9.17) is 5.11 Å². The SMILES string of the molecule is CNc1nc(-c2ccc(Br)cc2)c(C(=O)O)s1. The molecule has 0 aliphatic heterocycles. The van der Waals surface area contributed by atoms with Crippen molar-refractivity contribution in [3.05, 3.63) is 33.6 Å². The van der Waals surface area contributed by atoms with Crippen molar-refractivity contribution in [2.75, 3.05) is 12.4 Å². The molecule has 0 unspecified atom stereocenters. The van der Waals surface area contributed by atoms with E-state index < -0.39 is 5.97 Å². The lowest BCUT2D eigenvalue weighted by molar-refractivity contribution is 0.0702. The van der Waals surface area contributed by atoms with Crippen molar-refractivity contribution in [2.24, 2.45) is 0 Å². The fraction of sp³-hybridized carbons (Fsp3) is 0.0909. The van der Waals surface area contributed by atoms with E-state index in [9.17, 15) is 4.79 Å². The minimum atomic E-state index is -0.957. The molecule has 1 aromatic heterocycles. The maximum absolute atomic E-state index is 11.1. The first-order valence-electron chi connectivity index (χ1n) is 4.79. The van der Waals surface area contributed by atoms with Crippen molar-refractivity contribution in [2.45, 2.75) is 0 Å². The van der Waals surface area contributed by atoms with Crippen LogP contribution in [0.3, 0.4) is 0 Å². The number of anilines is 1. The number of hydrogen-bond acceptors (Lipinski definition) is 4. The average Bonchev–Trinajstić information content (AvgIpc) is 2.74. The van der Waals surface area contributed by atoms with Gasteiger partial charge in [-0.05, 0) is 12.1 Å². The summed E-state index contributed by atoms with van der Waals surface area (Å²) < 4.78 is 0.946. The van der Waals surface area contributed by atoms with E-state index in [-0.39, 0.29) is 4.88 Å². The maximum atomic E-state index is 11.1. The van der Waals surface area contributed by atoms with Crippen LogP contribution in [-0.4, -0.2) is 23.1 Å². The van der Waals surface area contributed by atoms with Gasteiger partial charge in [0.2, 0.25) is 0 Å². The molecule has 0 fully saturated rings. The number of carboxylic acids is 1. The number of aromatic nitrogens is 1. The number of nitrogens with one attached hydrogen (secondary N) is 1. The minimum absolute atomic E-state index is 0.247. The molecule has 0 atom stereocenters. The summed E-state index contributed by atoms with van der Waals surface area (Å²) >= 11 is 4.47. The second-order valence-corrected chi connectivity index (χ2v) is 5.17. The maximum Gasteiger partial charge on any atom is 0.348 e. The van der Waals surface area contributed by atoms with E-state index in [1.54, 1.807) is 7.05 Å². The Balaban J connectivity index is 2.53. The zero-order valence-corrected chi connectivity index (χ0v) is 11.3. The van der Waals surface area contributed by atoms with Gasteiger partial charge in [-0.2, -0.15) is 0 Å². The van der Waals surface area contributed by atoms with E-state index in [1.807, 2.05) is 24.3 Å². The quantitative estimate of drug-likeness (QED) is 0.912. The molecule has 4 nitrogen and oxygen atoms in total. The van der Waals surface area contributed by atoms with Crippen molar-refractivity contribution >= 4 is 38.4 Å². The number of hydrogen-bond donors (Lipinski definition) is 2. The lowest BCUT2D eigenvalue weighted by atomic mass is 10.1. The topological polar surface area (TPSA) is 62.2 Å². The zero-order chi connectivity index (χ0) is 12.4. The second kappa shape index (κ2) is 4.85. The number of rotatable bonds is 3. The standard InChI is InChI=1S/C11H9BrN2O2S/c1-13-11-14-8(9(17-11)10(15)16)6-2-4-7(12)5-3-6/h2-5H,1H3,(H,13,14)(H,15,16). The van der Waals surface area contributed by atoms with E-state index in [2.05, 4.69) is 26.2 Å². The van der Waals surface area contributed by atoms with Gasteiger partial charge in [-0.3, -0.25) is 0 Å². The van der Waals surface area contributed by atoms with Crippen LogP contribution in [0.25, 0.3) is 11.3 Å². The first kappa shape index (κ1) is 12.1. The third-order valence-electron chi connectivity index (χ3n) is 2.15. The average molecular weight is 313 g/mol. The van der Waals surface area contributed by atoms with Crippen LogP contribution in [0.2, 0.25) is 0 Å². The van der Waals surface area contributed by atoms with Crippen molar-refractivity contribution < 1.29 is 9.90 Å². The van der Waals surface area contributed by atoms with Gasteiger partial charge in [-0.15, -0.1) is 0 Å². The molecule has 0 amide bonds. The molecule has 2 rings (SSSR count). The highest BCUT2D eigenvalue weighted by atomic mass is 79.9. The summed E-state index contributed by atoms with van der Waals surface area (Å²) in [6.45, 7) is 0. The fourth-order valence-electron chi connectivity index (χ4n) is 1.38. The fourth-order valence-corrected chi connectivity index (χ4v) is 2.42. The lowest BCUT2D eigenvalue weighted by Crippen LogP contribution is -1.95. The van der Waals surface area contributed by atoms with Crippen LogP contribution in [0.1, 0.15) is 9.67 Å². The van der Waals surface area contributed by atoms with Gasteiger partial charge >= 0.3 is 5.97 Å². The predicted octanol–water partition coefficient (Wildman–Crippen LogP) is 3.31. The van der Waals surface area contributed by atoms with Gasteiger partial charge in [0.1, 0.15) is 4.88 Å². The Kier molecular flexibility index (Phi) is 3.44. The molecule has 2 N–H and O–H groups in total. The highest BCUT2D eigenvalue weighted by Gasteiger charge is 2.18. The molecule has 0 saturated heterocycles. The van der Waals surface area contributed by atoms with Crippen molar-refractivity contribution in [3.8, 4) is 11.3 Å². The van der Waals surface area contributed by atoms with Crippen LogP contribution in [0, 0.1) is 0 Å². The predicted molar refractivity (Wildman–Crippen MR) is 71.8 cm³/mol. The van der Waals surface area contributed by atoms with Gasteiger partial charge in [0, 0.05) is 17.1 Å². The summed E-state index contributed by atoms with van der Waals surface area (Å²) in [7, 11) is 1.72. The summed E-state index contributed by atoms with van der Waals surface area (Å²) in [5.41, 5.74) is 1.29. The lowest BCUT2D eigenvalue weighted by Gasteiger charge is -1.98. The molecule has 0 bridgehead atoms. The Bertz CT molecular complexity index is 551. The molecule has 0 aliphatic carbocycles. The van der Waals surface area contributed by atoms with Gasteiger partial charge in [-0.25, -0.2) is 9.78 Å². The van der Waals surface area contributed by atoms with Crippen molar-refractivity contribution in [3.63, 3.8) is 0 Å². The Morgan fingerprint density at radius 1 is 1.41 bits per heavy atom. The third-order valence-corrected chi connectivity index (χ3v) is 3.74. The Labute approximate surface area is 110 Å². The third kappa shape index (κ3) is 2.48. The minimum Gasteiger partial charge on any atom is -0.477 e. The monoisotopic (exact) mass is 312 g/mol. The molecule has 0 radical (unpaired) electrons. The van der Waals surface area contributed by atoms with Gasteiger partial charge in [0.25, 0.3) is 0 Å². The van der Waals surface area contributed by atoms with E-state index >= 15 is 0 Å². The Morgan fingerprint density at radius 2 is 2.06 bits per heavy atom. The highest BCUT2D eigenvalue weighted by molar-refractivity contribution is 9.10. The van der Waals surface area contributed by atoms with Crippen LogP contribution >= 0.6 is 27.3 Å². The van der Waals surface area contributed by atoms with Gasteiger partial charge < -0.3 is 10.4 Å². The summed E-state index contributed by atoms with van der Waals surface area (Å²) in [5, 5.41) is 12.6. The second-order valence-electron chi connectivity index (χ2n) is 3.26. The van der Waals surface area contributed by atoms with Crippen LogP contribution in [0.15, 0.2) is 28.7 Å². The van der Waals surface area contributed by atoms with Gasteiger partial charge in [-0.1, -0.05) is 39.4 Å². The van der Waals surface area contributed by atoms with Crippen LogP contribution in [0.4, 0.5) is 5.13 Å². The van der Waals surface area contributed by atoms with Crippen LogP contribution < -0.4 is 5.32 Å². The first-order chi connectivity index (χ1) is 8.11. The number of aromatic carboxylic acids is 1. The van der Waals surface area contributed by atoms with Crippen LogP contribution in [-0.2, 0) is 0 Å². The summed E-state index contributed by atoms with van der Waals surface area (Å²) in [6.07, 6.45) is 0. The number of benzene rings is 1. The van der Waals surface area contributed by atoms with E-state index in [0.717, 1.165) is 21.4 Å². The number of nitrogens with zero attached hydrogens (tertiary/aromatic N) is 1. The number of carbonyl (C=O) groups is 1. The van der Waals surface area contributed by atoms with Crippen LogP contribution in [0.5, 0.6) is 0 Å². The van der Waals surface area contributed by atoms with Crippen molar-refractivity contribution in [1.29, 1.82) is 0 Å². The number of carboxylic acid groups (broad SMARTS) is 1. The summed E-state index contributed by atoms with van der Waals surface area (Å²) in [6, 6.07) is 7.40. The molecule has 6 heteroatoms. The largest absolute Gasteiger partial charge is 0.477 e. The van der Waals surface area contributed by atoms with E-state index in [0.29, 0.717) is 10.8 Å². The molecule has 2 aromatic rings. The molecule has 17 heavy (non-hydrogen) atoms. The molecule has 88 valence electrons. The zero-order valence-electron chi connectivity index (χ0n) is 8.90. The summed E-state index contributed by atoms with van der Waals surface area (Å²) in [5.74, 6) is -0.957. The van der Waals surface area contributed by atoms with Gasteiger partial charge in [0.15, 0.2) is 5.13 Å². The molecule has 0 aliphatic rings. The number of thiazole rings is 1. The van der Waals surface area contributed by atoms with E-state index in [1.165, 1.54) is 0 Å². The first-order valence-corrected chi connectivity index (χ1v) is 6.40. The highest BCUT2D eigenvalue weighted by Crippen LogP contribution is 2.31.